The molecule has 1 aromatic rings. The fourth-order valence-corrected chi connectivity index (χ4v) is 3.41. The van der Waals surface area contributed by atoms with Gasteiger partial charge in [0.05, 0.1) is 6.61 Å². The van der Waals surface area contributed by atoms with Crippen LogP contribution in [-0.2, 0) is 4.74 Å². The fourth-order valence-electron chi connectivity index (χ4n) is 3.03. The lowest BCUT2D eigenvalue weighted by atomic mass is 10.1. The first-order valence-electron chi connectivity index (χ1n) is 7.99. The molecule has 6 heteroatoms. The van der Waals surface area contributed by atoms with Crippen LogP contribution in [0.15, 0.2) is 22.7 Å². The van der Waals surface area contributed by atoms with Gasteiger partial charge in [-0.25, -0.2) is 4.79 Å². The normalized spacial score (nSPS) is 22.2. The van der Waals surface area contributed by atoms with Crippen molar-refractivity contribution < 1.29 is 9.53 Å². The highest BCUT2D eigenvalue weighted by molar-refractivity contribution is 9.10. The molecule has 2 atom stereocenters. The maximum absolute atomic E-state index is 12.5. The Morgan fingerprint density at radius 1 is 1.35 bits per heavy atom. The Morgan fingerprint density at radius 2 is 2.00 bits per heavy atom. The van der Waals surface area contributed by atoms with Crippen LogP contribution < -0.4 is 5.32 Å². The van der Waals surface area contributed by atoms with Gasteiger partial charge in [-0.15, -0.1) is 0 Å². The van der Waals surface area contributed by atoms with Crippen molar-refractivity contribution in [1.82, 2.24) is 9.80 Å². The average molecular weight is 384 g/mol. The van der Waals surface area contributed by atoms with Crippen LogP contribution in [0, 0.1) is 6.92 Å². The van der Waals surface area contributed by atoms with Crippen LogP contribution in [0.2, 0.25) is 0 Å². The molecule has 0 saturated carbocycles. The summed E-state index contributed by atoms with van der Waals surface area (Å²) in [5.41, 5.74) is 1.96. The lowest BCUT2D eigenvalue weighted by Gasteiger charge is -2.44. The molecule has 0 aliphatic carbocycles. The number of carbonyl (C=O) groups excluding carboxylic acids is 1. The number of carbonyl (C=O) groups is 1. The van der Waals surface area contributed by atoms with Gasteiger partial charge in [-0.2, -0.15) is 0 Å². The minimum Gasteiger partial charge on any atom is -0.383 e. The molecule has 1 N–H and O–H groups in total. The van der Waals surface area contributed by atoms with Gasteiger partial charge in [0, 0.05) is 49.0 Å². The van der Waals surface area contributed by atoms with E-state index in [4.69, 9.17) is 4.74 Å². The zero-order valence-corrected chi connectivity index (χ0v) is 15.9. The summed E-state index contributed by atoms with van der Waals surface area (Å²) in [5, 5.41) is 2.99. The van der Waals surface area contributed by atoms with E-state index in [1.165, 1.54) is 0 Å². The molecule has 1 heterocycles. The van der Waals surface area contributed by atoms with Crippen molar-refractivity contribution in [2.24, 2.45) is 0 Å². The first-order chi connectivity index (χ1) is 10.9. The van der Waals surface area contributed by atoms with E-state index in [9.17, 15) is 4.79 Å². The van der Waals surface area contributed by atoms with Gasteiger partial charge in [0.15, 0.2) is 0 Å². The number of benzene rings is 1. The van der Waals surface area contributed by atoms with Gasteiger partial charge in [-0.3, -0.25) is 4.90 Å². The molecule has 1 aliphatic heterocycles. The topological polar surface area (TPSA) is 44.8 Å². The number of urea groups is 1. The Morgan fingerprint density at radius 3 is 2.57 bits per heavy atom. The van der Waals surface area contributed by atoms with E-state index >= 15 is 0 Å². The average Bonchev–Trinajstić information content (AvgIpc) is 2.50. The standard InChI is InChI=1S/C17H26BrN3O2/c1-12-5-6-15(9-16(12)18)19-17(22)20-10-13(2)21(7-8-23-4)14(3)11-20/h5-6,9,13-14H,7-8,10-11H2,1-4H3,(H,19,22). The molecule has 2 amide bonds. The molecule has 1 fully saturated rings. The Hall–Kier alpha value is -1.11. The van der Waals surface area contributed by atoms with Crippen LogP contribution >= 0.6 is 15.9 Å². The number of nitrogens with one attached hydrogen (secondary N) is 1. The van der Waals surface area contributed by atoms with Gasteiger partial charge in [-0.1, -0.05) is 22.0 Å². The summed E-state index contributed by atoms with van der Waals surface area (Å²) in [5.74, 6) is 0. The molecule has 1 saturated heterocycles. The SMILES string of the molecule is COCCN1C(C)CN(C(=O)Nc2ccc(C)c(Br)c2)CC1C. The zero-order valence-electron chi connectivity index (χ0n) is 14.3. The molecule has 5 nitrogen and oxygen atoms in total. The predicted octanol–water partition coefficient (Wildman–Crippen LogP) is 3.33. The summed E-state index contributed by atoms with van der Waals surface area (Å²) in [4.78, 5) is 16.8. The van der Waals surface area contributed by atoms with E-state index in [0.29, 0.717) is 12.1 Å². The highest BCUT2D eigenvalue weighted by atomic mass is 79.9. The number of rotatable bonds is 4. The van der Waals surface area contributed by atoms with Gasteiger partial charge < -0.3 is 15.0 Å². The van der Waals surface area contributed by atoms with E-state index in [1.807, 2.05) is 30.0 Å². The zero-order chi connectivity index (χ0) is 17.0. The number of methoxy groups -OCH3 is 1. The lowest BCUT2D eigenvalue weighted by Crippen LogP contribution is -2.59. The summed E-state index contributed by atoms with van der Waals surface area (Å²) < 4.78 is 6.18. The van der Waals surface area contributed by atoms with Crippen molar-refractivity contribution in [3.8, 4) is 0 Å². The first-order valence-corrected chi connectivity index (χ1v) is 8.78. The molecule has 1 aromatic carbocycles. The summed E-state index contributed by atoms with van der Waals surface area (Å²) >= 11 is 3.50. The molecule has 23 heavy (non-hydrogen) atoms. The maximum Gasteiger partial charge on any atom is 0.321 e. The smallest absolute Gasteiger partial charge is 0.321 e. The number of hydrogen-bond acceptors (Lipinski definition) is 3. The molecule has 0 bridgehead atoms. The third-order valence-electron chi connectivity index (χ3n) is 4.37. The number of hydrogen-bond donors (Lipinski definition) is 1. The van der Waals surface area contributed by atoms with Crippen molar-refractivity contribution >= 4 is 27.6 Å². The molecule has 128 valence electrons. The molecule has 0 aromatic heterocycles. The van der Waals surface area contributed by atoms with Crippen molar-refractivity contribution in [3.63, 3.8) is 0 Å². The predicted molar refractivity (Wildman–Crippen MR) is 97.0 cm³/mol. The summed E-state index contributed by atoms with van der Waals surface area (Å²) in [6.45, 7) is 9.43. The third kappa shape index (κ3) is 4.68. The monoisotopic (exact) mass is 383 g/mol. The van der Waals surface area contributed by atoms with E-state index in [-0.39, 0.29) is 6.03 Å². The summed E-state index contributed by atoms with van der Waals surface area (Å²) in [7, 11) is 1.72. The van der Waals surface area contributed by atoms with Gasteiger partial charge in [0.2, 0.25) is 0 Å². The summed E-state index contributed by atoms with van der Waals surface area (Å²) in [6, 6.07) is 6.47. The van der Waals surface area contributed by atoms with Crippen LogP contribution in [0.4, 0.5) is 10.5 Å². The molecule has 2 unspecified atom stereocenters. The molecule has 2 rings (SSSR count). The largest absolute Gasteiger partial charge is 0.383 e. The van der Waals surface area contributed by atoms with E-state index in [2.05, 4.69) is 40.0 Å². The van der Waals surface area contributed by atoms with Crippen molar-refractivity contribution in [2.75, 3.05) is 38.7 Å². The number of halogens is 1. The lowest BCUT2D eigenvalue weighted by molar-refractivity contribution is 0.0373. The molecule has 0 spiro atoms. The van der Waals surface area contributed by atoms with E-state index in [0.717, 1.165) is 42.0 Å². The van der Waals surface area contributed by atoms with Crippen molar-refractivity contribution in [2.45, 2.75) is 32.9 Å². The Bertz CT molecular complexity index is 541. The number of nitrogens with zero attached hydrogens (tertiary/aromatic N) is 2. The summed E-state index contributed by atoms with van der Waals surface area (Å²) in [6.07, 6.45) is 0. The van der Waals surface area contributed by atoms with Crippen LogP contribution in [0.5, 0.6) is 0 Å². The Kier molecular flexibility index (Phi) is 6.44. The van der Waals surface area contributed by atoms with Gasteiger partial charge >= 0.3 is 6.03 Å². The van der Waals surface area contributed by atoms with Gasteiger partial charge in [0.1, 0.15) is 0 Å². The van der Waals surface area contributed by atoms with Gasteiger partial charge in [-0.05, 0) is 38.5 Å². The maximum atomic E-state index is 12.5. The van der Waals surface area contributed by atoms with Gasteiger partial charge in [0.25, 0.3) is 0 Å². The molecule has 0 radical (unpaired) electrons. The molecular weight excluding hydrogens is 358 g/mol. The number of anilines is 1. The number of piperazine rings is 1. The van der Waals surface area contributed by atoms with E-state index < -0.39 is 0 Å². The van der Waals surface area contributed by atoms with Crippen LogP contribution in [0.1, 0.15) is 19.4 Å². The highest BCUT2D eigenvalue weighted by Crippen LogP contribution is 2.22. The number of amides is 2. The van der Waals surface area contributed by atoms with Crippen LogP contribution in [0.3, 0.4) is 0 Å². The van der Waals surface area contributed by atoms with Crippen molar-refractivity contribution in [3.05, 3.63) is 28.2 Å². The minimum absolute atomic E-state index is 0.0363. The second-order valence-electron chi connectivity index (χ2n) is 6.23. The Balaban J connectivity index is 1.96. The van der Waals surface area contributed by atoms with Crippen LogP contribution in [-0.4, -0.2) is 61.3 Å². The van der Waals surface area contributed by atoms with E-state index in [1.54, 1.807) is 7.11 Å². The second-order valence-corrected chi connectivity index (χ2v) is 7.08. The quantitative estimate of drug-likeness (QED) is 0.866. The minimum atomic E-state index is -0.0363. The van der Waals surface area contributed by atoms with Crippen LogP contribution in [0.25, 0.3) is 0 Å². The molecular formula is C17H26BrN3O2. The molecule has 1 aliphatic rings. The third-order valence-corrected chi connectivity index (χ3v) is 5.22. The first kappa shape index (κ1) is 18.2. The second kappa shape index (κ2) is 8.13. The number of ether oxygens (including phenoxy) is 1. The fraction of sp³-hybridized carbons (Fsp3) is 0.588. The van der Waals surface area contributed by atoms with Crippen molar-refractivity contribution in [1.29, 1.82) is 0 Å². The highest BCUT2D eigenvalue weighted by Gasteiger charge is 2.31. The number of aryl methyl sites for hydroxylation is 1. The Labute approximate surface area is 147 Å².